The van der Waals surface area contributed by atoms with Crippen molar-refractivity contribution in [2.75, 3.05) is 19.5 Å². The SMILES string of the molecule is COc1cc(/C=N\NC(=O)CSc2nnc(-c3cccc(Br)c3)n2C)ccc1OCC(N)=O. The van der Waals surface area contributed by atoms with Gasteiger partial charge >= 0.3 is 0 Å². The number of methoxy groups -OCH3 is 1. The zero-order valence-corrected chi connectivity index (χ0v) is 20.2. The molecule has 0 bridgehead atoms. The first-order chi connectivity index (χ1) is 15.9. The van der Waals surface area contributed by atoms with Gasteiger partial charge in [-0.1, -0.05) is 39.8 Å². The number of primary amides is 1. The lowest BCUT2D eigenvalue weighted by Gasteiger charge is -2.09. The van der Waals surface area contributed by atoms with E-state index in [-0.39, 0.29) is 18.3 Å². The van der Waals surface area contributed by atoms with Gasteiger partial charge in [0.05, 0.1) is 19.1 Å². The Hall–Kier alpha value is -3.38. The minimum Gasteiger partial charge on any atom is -0.493 e. The molecule has 33 heavy (non-hydrogen) atoms. The number of thioether (sulfide) groups is 1. The molecule has 0 saturated carbocycles. The highest BCUT2D eigenvalue weighted by atomic mass is 79.9. The highest BCUT2D eigenvalue weighted by molar-refractivity contribution is 9.10. The van der Waals surface area contributed by atoms with E-state index in [0.29, 0.717) is 28.0 Å². The molecule has 3 rings (SSSR count). The maximum atomic E-state index is 12.2. The molecule has 3 N–H and O–H groups in total. The third-order valence-corrected chi connectivity index (χ3v) is 5.72. The molecule has 0 aliphatic heterocycles. The van der Waals surface area contributed by atoms with Crippen molar-refractivity contribution in [2.45, 2.75) is 5.16 Å². The average molecular weight is 533 g/mol. The molecule has 0 spiro atoms. The Morgan fingerprint density at radius 3 is 2.79 bits per heavy atom. The topological polar surface area (TPSA) is 134 Å². The summed E-state index contributed by atoms with van der Waals surface area (Å²) < 4.78 is 13.3. The lowest BCUT2D eigenvalue weighted by molar-refractivity contribution is -0.120. The van der Waals surface area contributed by atoms with Crippen LogP contribution >= 0.6 is 27.7 Å². The van der Waals surface area contributed by atoms with Crippen LogP contribution in [0.15, 0.2) is 57.2 Å². The molecule has 3 aromatic rings. The normalized spacial score (nSPS) is 10.9. The Bertz CT molecular complexity index is 1180. The van der Waals surface area contributed by atoms with Crippen LogP contribution in [0.5, 0.6) is 11.5 Å². The zero-order chi connectivity index (χ0) is 23.8. The average Bonchev–Trinajstić information content (AvgIpc) is 3.16. The van der Waals surface area contributed by atoms with E-state index in [2.05, 4.69) is 36.7 Å². The molecule has 0 fully saturated rings. The second kappa shape index (κ2) is 11.5. The molecule has 0 atom stereocenters. The first kappa shape index (κ1) is 24.3. The summed E-state index contributed by atoms with van der Waals surface area (Å²) >= 11 is 4.70. The molecule has 0 aliphatic carbocycles. The van der Waals surface area contributed by atoms with Crippen LogP contribution in [0, 0.1) is 0 Å². The second-order valence-corrected chi connectivity index (χ2v) is 8.48. The quantitative estimate of drug-likeness (QED) is 0.232. The van der Waals surface area contributed by atoms with Crippen molar-refractivity contribution in [3.05, 3.63) is 52.5 Å². The van der Waals surface area contributed by atoms with Gasteiger partial charge in [-0.3, -0.25) is 9.59 Å². The molecular weight excluding hydrogens is 512 g/mol. The van der Waals surface area contributed by atoms with Crippen LogP contribution < -0.4 is 20.6 Å². The molecule has 0 saturated heterocycles. The predicted octanol–water partition coefficient (Wildman–Crippen LogP) is 2.36. The van der Waals surface area contributed by atoms with Gasteiger partial charge in [-0.25, -0.2) is 5.43 Å². The lowest BCUT2D eigenvalue weighted by Crippen LogP contribution is -2.20. The van der Waals surface area contributed by atoms with E-state index in [0.717, 1.165) is 10.0 Å². The summed E-state index contributed by atoms with van der Waals surface area (Å²) in [5.41, 5.74) is 9.14. The number of aromatic nitrogens is 3. The number of ether oxygens (including phenoxy) is 2. The fraction of sp³-hybridized carbons (Fsp3) is 0.190. The Labute approximate surface area is 202 Å². The Balaban J connectivity index is 1.54. The van der Waals surface area contributed by atoms with Gasteiger partial charge in [0, 0.05) is 17.1 Å². The van der Waals surface area contributed by atoms with Crippen LogP contribution in [-0.4, -0.2) is 52.3 Å². The zero-order valence-electron chi connectivity index (χ0n) is 17.8. The molecule has 12 heteroatoms. The van der Waals surface area contributed by atoms with Gasteiger partial charge < -0.3 is 19.8 Å². The molecule has 2 amide bonds. The summed E-state index contributed by atoms with van der Waals surface area (Å²) in [6.07, 6.45) is 1.47. The summed E-state index contributed by atoms with van der Waals surface area (Å²) in [7, 11) is 3.32. The maximum Gasteiger partial charge on any atom is 0.255 e. The first-order valence-corrected chi connectivity index (χ1v) is 11.3. The number of rotatable bonds is 10. The molecular formula is C21H21BrN6O4S. The Kier molecular flexibility index (Phi) is 8.44. The first-order valence-electron chi connectivity index (χ1n) is 9.56. The van der Waals surface area contributed by atoms with Crippen LogP contribution in [0.1, 0.15) is 5.56 Å². The van der Waals surface area contributed by atoms with Crippen molar-refractivity contribution in [2.24, 2.45) is 17.9 Å². The molecule has 172 valence electrons. The second-order valence-electron chi connectivity index (χ2n) is 6.62. The molecule has 0 unspecified atom stereocenters. The summed E-state index contributed by atoms with van der Waals surface area (Å²) in [5.74, 6) is 0.718. The number of carbonyl (C=O) groups is 2. The van der Waals surface area contributed by atoms with Gasteiger partial charge in [-0.2, -0.15) is 5.10 Å². The number of nitrogens with zero attached hydrogens (tertiary/aromatic N) is 4. The summed E-state index contributed by atoms with van der Waals surface area (Å²) in [6, 6.07) is 12.7. The van der Waals surface area contributed by atoms with Crippen molar-refractivity contribution >= 4 is 45.7 Å². The third kappa shape index (κ3) is 6.80. The van der Waals surface area contributed by atoms with Gasteiger partial charge in [0.2, 0.25) is 0 Å². The van der Waals surface area contributed by atoms with Crippen LogP contribution in [-0.2, 0) is 16.6 Å². The molecule has 1 heterocycles. The van der Waals surface area contributed by atoms with E-state index in [4.69, 9.17) is 15.2 Å². The van der Waals surface area contributed by atoms with Crippen molar-refractivity contribution in [3.63, 3.8) is 0 Å². The van der Waals surface area contributed by atoms with E-state index in [9.17, 15) is 9.59 Å². The van der Waals surface area contributed by atoms with Crippen LogP contribution in [0.3, 0.4) is 0 Å². The van der Waals surface area contributed by atoms with E-state index in [1.807, 2.05) is 35.9 Å². The number of amides is 2. The third-order valence-electron chi connectivity index (χ3n) is 4.21. The highest BCUT2D eigenvalue weighted by Crippen LogP contribution is 2.27. The molecule has 0 radical (unpaired) electrons. The summed E-state index contributed by atoms with van der Waals surface area (Å²) in [5, 5.41) is 13.0. The summed E-state index contributed by atoms with van der Waals surface area (Å²) in [4.78, 5) is 23.0. The monoisotopic (exact) mass is 532 g/mol. The molecule has 10 nitrogen and oxygen atoms in total. The van der Waals surface area contributed by atoms with Crippen molar-refractivity contribution in [1.29, 1.82) is 0 Å². The fourth-order valence-electron chi connectivity index (χ4n) is 2.69. The minimum absolute atomic E-state index is 0.116. The van der Waals surface area contributed by atoms with E-state index in [1.54, 1.807) is 18.2 Å². The van der Waals surface area contributed by atoms with Gasteiger partial charge in [-0.15, -0.1) is 10.2 Å². The Morgan fingerprint density at radius 2 is 2.06 bits per heavy atom. The number of halogens is 1. The fourth-order valence-corrected chi connectivity index (χ4v) is 3.80. The van der Waals surface area contributed by atoms with Crippen molar-refractivity contribution < 1.29 is 19.1 Å². The standard InChI is InChI=1S/C21H21BrN6O4S/c1-28-20(14-4-3-5-15(22)9-14)26-27-21(28)33-12-19(30)25-24-10-13-6-7-16(17(8-13)31-2)32-11-18(23)29/h3-10H,11-12H2,1-2H3,(H2,23,29)(H,25,30)/b24-10-. The van der Waals surface area contributed by atoms with Gasteiger partial charge in [0.25, 0.3) is 11.8 Å². The lowest BCUT2D eigenvalue weighted by atomic mass is 10.2. The summed E-state index contributed by atoms with van der Waals surface area (Å²) in [6.45, 7) is -0.257. The minimum atomic E-state index is -0.589. The number of nitrogens with two attached hydrogens (primary N) is 1. The van der Waals surface area contributed by atoms with E-state index in [1.165, 1.54) is 25.1 Å². The highest BCUT2D eigenvalue weighted by Gasteiger charge is 2.13. The number of hydrazone groups is 1. The van der Waals surface area contributed by atoms with Crippen LogP contribution in [0.2, 0.25) is 0 Å². The number of benzene rings is 2. The smallest absolute Gasteiger partial charge is 0.255 e. The number of carbonyl (C=O) groups excluding carboxylic acids is 2. The predicted molar refractivity (Wildman–Crippen MR) is 128 cm³/mol. The van der Waals surface area contributed by atoms with Gasteiger partial charge in [0.1, 0.15) is 0 Å². The molecule has 2 aromatic carbocycles. The van der Waals surface area contributed by atoms with E-state index >= 15 is 0 Å². The number of hydrogen-bond donors (Lipinski definition) is 2. The van der Waals surface area contributed by atoms with Gasteiger partial charge in [0.15, 0.2) is 29.1 Å². The van der Waals surface area contributed by atoms with Gasteiger partial charge in [-0.05, 0) is 35.9 Å². The van der Waals surface area contributed by atoms with Crippen molar-refractivity contribution in [3.8, 4) is 22.9 Å². The van der Waals surface area contributed by atoms with Crippen LogP contribution in [0.4, 0.5) is 0 Å². The number of nitrogens with one attached hydrogen (secondary N) is 1. The Morgan fingerprint density at radius 1 is 1.24 bits per heavy atom. The van der Waals surface area contributed by atoms with E-state index < -0.39 is 5.91 Å². The largest absolute Gasteiger partial charge is 0.493 e. The molecule has 0 aliphatic rings. The van der Waals surface area contributed by atoms with Crippen LogP contribution in [0.25, 0.3) is 11.4 Å². The van der Waals surface area contributed by atoms with Crippen molar-refractivity contribution in [1.82, 2.24) is 20.2 Å². The molecule has 1 aromatic heterocycles. The number of hydrogen-bond acceptors (Lipinski definition) is 8. The maximum absolute atomic E-state index is 12.2.